The van der Waals surface area contributed by atoms with E-state index in [4.69, 9.17) is 4.74 Å². The standard InChI is InChI=1S/C16H18N2O2/c1-20-15-10-6-5-9-14(15)17-12-16(19)18-11-13-7-3-2-4-8-13/h2-10,17H,11-12H2,1H3,(H,18,19). The Balaban J connectivity index is 1.80. The van der Waals surface area contributed by atoms with Crippen LogP contribution in [-0.4, -0.2) is 19.6 Å². The number of anilines is 1. The van der Waals surface area contributed by atoms with E-state index < -0.39 is 0 Å². The zero-order chi connectivity index (χ0) is 14.2. The van der Waals surface area contributed by atoms with Crippen LogP contribution in [0.15, 0.2) is 54.6 Å². The second-order valence-corrected chi connectivity index (χ2v) is 4.32. The van der Waals surface area contributed by atoms with Crippen LogP contribution in [0.5, 0.6) is 5.75 Å². The molecular formula is C16H18N2O2. The summed E-state index contributed by atoms with van der Waals surface area (Å²) < 4.78 is 5.21. The maximum absolute atomic E-state index is 11.8. The number of benzene rings is 2. The molecule has 2 aromatic carbocycles. The van der Waals surface area contributed by atoms with E-state index in [0.717, 1.165) is 17.0 Å². The number of ether oxygens (including phenoxy) is 1. The highest BCUT2D eigenvalue weighted by atomic mass is 16.5. The van der Waals surface area contributed by atoms with Crippen LogP contribution in [0.4, 0.5) is 5.69 Å². The van der Waals surface area contributed by atoms with Gasteiger partial charge in [-0.3, -0.25) is 4.79 Å². The van der Waals surface area contributed by atoms with Crippen LogP contribution in [0.2, 0.25) is 0 Å². The summed E-state index contributed by atoms with van der Waals surface area (Å²) in [4.78, 5) is 11.8. The summed E-state index contributed by atoms with van der Waals surface area (Å²) in [5.41, 5.74) is 1.89. The molecule has 0 saturated carbocycles. The zero-order valence-electron chi connectivity index (χ0n) is 11.4. The average molecular weight is 270 g/mol. The number of rotatable bonds is 6. The third-order valence-electron chi connectivity index (χ3n) is 2.88. The zero-order valence-corrected chi connectivity index (χ0v) is 11.4. The van der Waals surface area contributed by atoms with Gasteiger partial charge in [-0.05, 0) is 17.7 Å². The Kier molecular flexibility index (Phi) is 5.00. The predicted octanol–water partition coefficient (Wildman–Crippen LogP) is 2.42. The molecular weight excluding hydrogens is 252 g/mol. The Hall–Kier alpha value is -2.49. The van der Waals surface area contributed by atoms with E-state index in [1.165, 1.54) is 0 Å². The maximum atomic E-state index is 11.8. The van der Waals surface area contributed by atoms with Gasteiger partial charge < -0.3 is 15.4 Å². The lowest BCUT2D eigenvalue weighted by molar-refractivity contribution is -0.119. The highest BCUT2D eigenvalue weighted by Gasteiger charge is 2.04. The fourth-order valence-electron chi connectivity index (χ4n) is 1.83. The van der Waals surface area contributed by atoms with Gasteiger partial charge in [-0.15, -0.1) is 0 Å². The highest BCUT2D eigenvalue weighted by Crippen LogP contribution is 2.22. The number of carbonyl (C=O) groups is 1. The fraction of sp³-hybridized carbons (Fsp3) is 0.188. The molecule has 0 aliphatic carbocycles. The average Bonchev–Trinajstić information content (AvgIpc) is 2.52. The van der Waals surface area contributed by atoms with Crippen LogP contribution >= 0.6 is 0 Å². The smallest absolute Gasteiger partial charge is 0.239 e. The number of carbonyl (C=O) groups excluding carboxylic acids is 1. The van der Waals surface area contributed by atoms with Crippen molar-refractivity contribution in [3.05, 3.63) is 60.2 Å². The molecule has 0 aliphatic heterocycles. The Labute approximate surface area is 118 Å². The van der Waals surface area contributed by atoms with Crippen molar-refractivity contribution < 1.29 is 9.53 Å². The summed E-state index contributed by atoms with van der Waals surface area (Å²) in [7, 11) is 1.61. The molecule has 1 amide bonds. The van der Waals surface area contributed by atoms with Gasteiger partial charge in [0.2, 0.25) is 5.91 Å². The number of hydrogen-bond donors (Lipinski definition) is 2. The first kappa shape index (κ1) is 13.9. The van der Waals surface area contributed by atoms with Gasteiger partial charge in [0.25, 0.3) is 0 Å². The van der Waals surface area contributed by atoms with Crippen molar-refractivity contribution >= 4 is 11.6 Å². The molecule has 0 fully saturated rings. The lowest BCUT2D eigenvalue weighted by Gasteiger charge is -2.11. The summed E-state index contributed by atoms with van der Waals surface area (Å²) in [6, 6.07) is 17.3. The molecule has 0 heterocycles. The van der Waals surface area contributed by atoms with Gasteiger partial charge in [0.05, 0.1) is 19.3 Å². The first-order valence-corrected chi connectivity index (χ1v) is 6.47. The van der Waals surface area contributed by atoms with Crippen molar-refractivity contribution in [1.82, 2.24) is 5.32 Å². The lowest BCUT2D eigenvalue weighted by Crippen LogP contribution is -2.29. The molecule has 0 atom stereocenters. The molecule has 0 aliphatic rings. The van der Waals surface area contributed by atoms with E-state index in [-0.39, 0.29) is 12.5 Å². The number of nitrogens with one attached hydrogen (secondary N) is 2. The second kappa shape index (κ2) is 7.19. The molecule has 2 N–H and O–H groups in total. The lowest BCUT2D eigenvalue weighted by atomic mass is 10.2. The molecule has 0 bridgehead atoms. The Morgan fingerprint density at radius 3 is 2.50 bits per heavy atom. The Morgan fingerprint density at radius 1 is 1.05 bits per heavy atom. The van der Waals surface area contributed by atoms with Crippen molar-refractivity contribution in [2.75, 3.05) is 19.0 Å². The quantitative estimate of drug-likeness (QED) is 0.847. The third-order valence-corrected chi connectivity index (χ3v) is 2.88. The van der Waals surface area contributed by atoms with Gasteiger partial charge in [0, 0.05) is 6.54 Å². The van der Waals surface area contributed by atoms with E-state index in [9.17, 15) is 4.79 Å². The van der Waals surface area contributed by atoms with Crippen molar-refractivity contribution in [2.24, 2.45) is 0 Å². The van der Waals surface area contributed by atoms with Crippen LogP contribution < -0.4 is 15.4 Å². The van der Waals surface area contributed by atoms with Gasteiger partial charge in [-0.1, -0.05) is 42.5 Å². The van der Waals surface area contributed by atoms with Crippen LogP contribution in [-0.2, 0) is 11.3 Å². The highest BCUT2D eigenvalue weighted by molar-refractivity contribution is 5.81. The summed E-state index contributed by atoms with van der Waals surface area (Å²) in [5.74, 6) is 0.670. The monoisotopic (exact) mass is 270 g/mol. The van der Waals surface area contributed by atoms with Gasteiger partial charge in [0.1, 0.15) is 5.75 Å². The number of methoxy groups -OCH3 is 1. The van der Waals surface area contributed by atoms with E-state index in [1.54, 1.807) is 7.11 Å². The van der Waals surface area contributed by atoms with Crippen LogP contribution in [0.1, 0.15) is 5.56 Å². The molecule has 4 nitrogen and oxygen atoms in total. The number of para-hydroxylation sites is 2. The molecule has 4 heteroatoms. The number of amides is 1. The van der Waals surface area contributed by atoms with E-state index in [1.807, 2.05) is 54.6 Å². The summed E-state index contributed by atoms with van der Waals surface area (Å²) in [6.45, 7) is 0.750. The topological polar surface area (TPSA) is 50.4 Å². The van der Waals surface area contributed by atoms with Crippen molar-refractivity contribution in [2.45, 2.75) is 6.54 Å². The summed E-state index contributed by atoms with van der Waals surface area (Å²) in [6.07, 6.45) is 0. The maximum Gasteiger partial charge on any atom is 0.239 e. The minimum Gasteiger partial charge on any atom is -0.495 e. The molecule has 0 spiro atoms. The molecule has 0 radical (unpaired) electrons. The normalized spacial score (nSPS) is 9.85. The molecule has 0 unspecified atom stereocenters. The largest absolute Gasteiger partial charge is 0.495 e. The van der Waals surface area contributed by atoms with Gasteiger partial charge in [-0.2, -0.15) is 0 Å². The van der Waals surface area contributed by atoms with Crippen molar-refractivity contribution in [3.63, 3.8) is 0 Å². The van der Waals surface area contributed by atoms with Crippen LogP contribution in [0.25, 0.3) is 0 Å². The molecule has 0 aromatic heterocycles. The first-order valence-electron chi connectivity index (χ1n) is 6.47. The molecule has 2 rings (SSSR count). The van der Waals surface area contributed by atoms with Crippen molar-refractivity contribution in [3.8, 4) is 5.75 Å². The van der Waals surface area contributed by atoms with E-state index in [2.05, 4.69) is 10.6 Å². The van der Waals surface area contributed by atoms with E-state index >= 15 is 0 Å². The van der Waals surface area contributed by atoms with E-state index in [0.29, 0.717) is 6.54 Å². The SMILES string of the molecule is COc1ccccc1NCC(=O)NCc1ccccc1. The molecule has 104 valence electrons. The van der Waals surface area contributed by atoms with Gasteiger partial charge in [-0.25, -0.2) is 0 Å². The van der Waals surface area contributed by atoms with Crippen LogP contribution in [0.3, 0.4) is 0 Å². The second-order valence-electron chi connectivity index (χ2n) is 4.32. The van der Waals surface area contributed by atoms with Gasteiger partial charge in [0.15, 0.2) is 0 Å². The molecule has 2 aromatic rings. The van der Waals surface area contributed by atoms with Crippen LogP contribution in [0, 0.1) is 0 Å². The summed E-state index contributed by atoms with van der Waals surface area (Å²) in [5, 5.41) is 5.93. The molecule has 20 heavy (non-hydrogen) atoms. The van der Waals surface area contributed by atoms with Gasteiger partial charge >= 0.3 is 0 Å². The fourth-order valence-corrected chi connectivity index (χ4v) is 1.83. The number of hydrogen-bond acceptors (Lipinski definition) is 3. The predicted molar refractivity (Wildman–Crippen MR) is 79.8 cm³/mol. The van der Waals surface area contributed by atoms with Crippen molar-refractivity contribution in [1.29, 1.82) is 0 Å². The third kappa shape index (κ3) is 4.02. The Bertz CT molecular complexity index is 555. The first-order chi connectivity index (χ1) is 9.79. The minimum absolute atomic E-state index is 0.0558. The minimum atomic E-state index is -0.0558. The summed E-state index contributed by atoms with van der Waals surface area (Å²) >= 11 is 0. The Morgan fingerprint density at radius 2 is 1.75 bits per heavy atom. The molecule has 0 saturated heterocycles.